The molecule has 0 aromatic heterocycles. The van der Waals surface area contributed by atoms with Gasteiger partial charge in [0.2, 0.25) is 0 Å². The molecule has 0 aliphatic heterocycles. The number of rotatable bonds is 6. The van der Waals surface area contributed by atoms with Crippen molar-refractivity contribution in [2.45, 2.75) is 38.4 Å². The first-order valence-electron chi connectivity index (χ1n) is 8.51. The summed E-state index contributed by atoms with van der Waals surface area (Å²) < 4.78 is 26.0. The van der Waals surface area contributed by atoms with Crippen molar-refractivity contribution in [3.63, 3.8) is 0 Å². The summed E-state index contributed by atoms with van der Waals surface area (Å²) in [6.45, 7) is 2.22. The summed E-state index contributed by atoms with van der Waals surface area (Å²) in [6, 6.07) is 0. The van der Waals surface area contributed by atoms with Gasteiger partial charge in [-0.25, -0.2) is 9.59 Å². The van der Waals surface area contributed by atoms with Crippen LogP contribution in [0.15, 0.2) is 0 Å². The van der Waals surface area contributed by atoms with Gasteiger partial charge in [0.15, 0.2) is 5.60 Å². The number of carboxylic acids is 5. The Morgan fingerprint density at radius 2 is 0.769 bits per heavy atom. The zero-order valence-corrected chi connectivity index (χ0v) is 51.1. The van der Waals surface area contributed by atoms with Crippen molar-refractivity contribution in [1.82, 2.24) is 0 Å². The Bertz CT molecular complexity index is 884. The van der Waals surface area contributed by atoms with Gasteiger partial charge in [0.25, 0.3) is 13.8 Å². The summed E-state index contributed by atoms with van der Waals surface area (Å²) >= 11 is 0. The van der Waals surface area contributed by atoms with Crippen molar-refractivity contribution >= 4 is 59.5 Å². The molecule has 262 valence electrons. The molecule has 0 fully saturated rings. The third kappa shape index (κ3) is 250. The molecule has 0 rings (SSSR count). The zero-order chi connectivity index (χ0) is 36.5. The van der Waals surface area contributed by atoms with Gasteiger partial charge in [-0.1, -0.05) is 0 Å². The molecular weight excluding hydrogens is 911 g/mol. The molecule has 0 saturated carbocycles. The molecule has 40 heteroatoms. The van der Waals surface area contributed by atoms with Gasteiger partial charge >= 0.3 is 284 Å². The Balaban J connectivity index is -0.0000000186. The summed E-state index contributed by atoms with van der Waals surface area (Å²) in [4.78, 5) is 130. The van der Waals surface area contributed by atoms with Gasteiger partial charge in [-0.15, -0.1) is 0 Å². The van der Waals surface area contributed by atoms with Crippen LogP contribution in [0.1, 0.15) is 26.7 Å². The van der Waals surface area contributed by atoms with Crippen LogP contribution in [-0.2, 0) is 37.7 Å². The first-order valence-corrected chi connectivity index (χ1v) is 13.0. The summed E-state index contributed by atoms with van der Waals surface area (Å²) in [5.74, 6) is -7.61. The molecule has 0 aliphatic rings. The largest absolute Gasteiger partial charge is 1.00 e. The SMILES string of the molecule is CC(=O)O.CC(O)C(=O)[O-].O=C(O)O.O=C([O-])CC(O)(CC(=O)O)C(=O)O.O=P([O-])(O)O.O=P([O-])([O-])O.O=P([O-])([O-])[O-].[Cl-].[Na+].[Na+].[Na+].[Na+].[Na+].[Na+].[Na+].[Na+].[Na+]. The maximum atomic E-state index is 10.3. The standard InChI is InChI=1S/C6H8O7.C3H6O3.C2H4O2.CH2O3.ClH.9Na.3H3O4P/c7-3(8)1-6(13,5(11)12)2-4(9)10;1-2(4)3(5)6;1-2(3)4;2-1(3)4;;;;;;;;;;;3*1-5(2,3)4/h13H,1-2H2,(H,7,8)(H,9,10)(H,11,12);2,4H,1H3,(H,5,6);1H3,(H,3,4);(H2,2,3,4);1H;;;;;;;;;;3*(H3,1,2,3,4)/q;;;;;9*+1;;;/p-9. The van der Waals surface area contributed by atoms with Crippen LogP contribution < -0.4 is 318 Å². The van der Waals surface area contributed by atoms with E-state index in [2.05, 4.69) is 0 Å². The van der Waals surface area contributed by atoms with Crippen molar-refractivity contribution < 1.29 is 411 Å². The van der Waals surface area contributed by atoms with Crippen LogP contribution in [0.5, 0.6) is 0 Å². The summed E-state index contributed by atoms with van der Waals surface area (Å²) in [6.07, 6.45) is -5.62. The maximum absolute atomic E-state index is 10.3. The second-order valence-corrected chi connectivity index (χ2v) is 8.47. The number of aliphatic hydroxyl groups is 2. The molecular formula is C12H21ClNa9O27P3. The van der Waals surface area contributed by atoms with E-state index in [-0.39, 0.29) is 278 Å². The molecule has 0 bridgehead atoms. The van der Waals surface area contributed by atoms with E-state index in [1.165, 1.54) is 0 Å². The predicted molar refractivity (Wildman–Crippen MR) is 105 cm³/mol. The monoisotopic (exact) mass is 932 g/mol. The van der Waals surface area contributed by atoms with Crippen LogP contribution in [0, 0.1) is 0 Å². The van der Waals surface area contributed by atoms with Crippen LogP contribution >= 0.6 is 23.5 Å². The van der Waals surface area contributed by atoms with Gasteiger partial charge in [0, 0.05) is 19.3 Å². The summed E-state index contributed by atoms with van der Waals surface area (Å²) in [5.41, 5.74) is -2.80. The van der Waals surface area contributed by atoms with Crippen LogP contribution in [-0.4, -0.2) is 98.1 Å². The Labute approximate surface area is 499 Å². The topological polar surface area (TPSA) is 540 Å². The molecule has 0 spiro atoms. The van der Waals surface area contributed by atoms with Gasteiger partial charge in [-0.2, -0.15) is 7.82 Å². The minimum Gasteiger partial charge on any atom is -1.00 e. The maximum Gasteiger partial charge on any atom is 1.00 e. The van der Waals surface area contributed by atoms with Gasteiger partial charge in [0.1, 0.15) is 0 Å². The van der Waals surface area contributed by atoms with Crippen molar-refractivity contribution in [2.75, 3.05) is 0 Å². The number of aliphatic hydroxyl groups excluding tert-OH is 1. The Morgan fingerprint density at radius 3 is 0.827 bits per heavy atom. The zero-order valence-electron chi connectivity index (χ0n) is 29.6. The molecule has 10 N–H and O–H groups in total. The van der Waals surface area contributed by atoms with Gasteiger partial charge in [0.05, 0.1) is 26.3 Å². The van der Waals surface area contributed by atoms with E-state index >= 15 is 0 Å². The number of halogens is 1. The third-order valence-corrected chi connectivity index (χ3v) is 1.62. The van der Waals surface area contributed by atoms with Gasteiger partial charge in [-0.3, -0.25) is 14.2 Å². The fourth-order valence-corrected chi connectivity index (χ4v) is 0.703. The average Bonchev–Trinajstić information content (AvgIpc) is 2.54. The fourth-order valence-electron chi connectivity index (χ4n) is 0.703. The minimum atomic E-state index is -5.39. The Morgan fingerprint density at radius 1 is 0.635 bits per heavy atom. The van der Waals surface area contributed by atoms with Crippen LogP contribution in [0.4, 0.5) is 4.79 Å². The normalized spacial score (nSPS) is 9.56. The minimum absolute atomic E-state index is 0. The van der Waals surface area contributed by atoms with Crippen molar-refractivity contribution in [2.24, 2.45) is 0 Å². The second kappa shape index (κ2) is 63.8. The number of hydrogen-bond acceptors (Lipinski definition) is 19. The smallest absolute Gasteiger partial charge is 1.00 e. The summed E-state index contributed by atoms with van der Waals surface area (Å²) in [5, 5.41) is 74.2. The second-order valence-electron chi connectivity index (χ2n) is 5.66. The molecule has 2 unspecified atom stereocenters. The number of carboxylic acid groups (broad SMARTS) is 7. The van der Waals surface area contributed by atoms with E-state index in [4.69, 9.17) is 103 Å². The molecule has 0 aliphatic carbocycles. The van der Waals surface area contributed by atoms with Crippen LogP contribution in [0.3, 0.4) is 0 Å². The molecule has 2 atom stereocenters. The quantitative estimate of drug-likeness (QED) is 0.0873. The summed E-state index contributed by atoms with van der Waals surface area (Å²) in [7, 11) is -15.4. The van der Waals surface area contributed by atoms with E-state index in [1.54, 1.807) is 0 Å². The number of carbonyl (C=O) groups is 6. The van der Waals surface area contributed by atoms with E-state index in [1.807, 2.05) is 0 Å². The number of carbonyl (C=O) groups excluding carboxylic acids is 2. The van der Waals surface area contributed by atoms with E-state index < -0.39 is 84.0 Å². The average molecular weight is 933 g/mol. The molecule has 27 nitrogen and oxygen atoms in total. The number of phosphoric acid groups is 3. The van der Waals surface area contributed by atoms with Crippen LogP contribution in [0.25, 0.3) is 0 Å². The molecule has 0 heterocycles. The molecule has 0 aromatic carbocycles. The van der Waals surface area contributed by atoms with Crippen molar-refractivity contribution in [1.29, 1.82) is 0 Å². The number of hydrogen-bond donors (Lipinski definition) is 10. The van der Waals surface area contributed by atoms with E-state index in [9.17, 15) is 29.4 Å². The van der Waals surface area contributed by atoms with E-state index in [0.29, 0.717) is 0 Å². The number of aliphatic carboxylic acids is 5. The molecule has 0 radical (unpaired) electrons. The molecule has 0 saturated heterocycles. The Hall–Kier alpha value is 6.16. The molecule has 52 heavy (non-hydrogen) atoms. The fraction of sp³-hybridized carbons (Fsp3) is 0.500. The first-order chi connectivity index (χ1) is 17.9. The first kappa shape index (κ1) is 112. The molecule has 0 amide bonds. The van der Waals surface area contributed by atoms with Gasteiger partial charge < -0.3 is 121 Å². The van der Waals surface area contributed by atoms with E-state index in [0.717, 1.165) is 13.8 Å². The predicted octanol–water partition coefficient (Wildman–Crippen LogP) is -40.7. The third-order valence-electron chi connectivity index (χ3n) is 1.62. The van der Waals surface area contributed by atoms with Crippen LogP contribution in [0.2, 0.25) is 0 Å². The van der Waals surface area contributed by atoms with Crippen molar-refractivity contribution in [3.8, 4) is 0 Å². The Kier molecular flexibility index (Phi) is 138. The van der Waals surface area contributed by atoms with Crippen molar-refractivity contribution in [3.05, 3.63) is 0 Å². The van der Waals surface area contributed by atoms with Gasteiger partial charge in [-0.05, 0) is 6.92 Å². The molecule has 0 aromatic rings.